The zero-order valence-electron chi connectivity index (χ0n) is 15.7. The molecule has 7 nitrogen and oxygen atoms in total. The Balaban J connectivity index is 1.26. The van der Waals surface area contributed by atoms with E-state index in [1.54, 1.807) is 0 Å². The molecular weight excluding hydrogens is 366 g/mol. The van der Waals surface area contributed by atoms with Crippen LogP contribution >= 0.6 is 11.8 Å². The Morgan fingerprint density at radius 2 is 1.70 bits per heavy atom. The standard InChI is InChI=1S/C19H27N3O4S/c1-11(19-7-12-4-13(8-19)6-14(5-12)9-19)21-17(25)16(24)20-2-3-22-15(23)10-27-18(22)26/h11-14H,2-10H2,1H3,(H,20,24)(H,21,25). The number of amides is 4. The monoisotopic (exact) mass is 393 g/mol. The largest absolute Gasteiger partial charge is 0.346 e. The third-order valence-corrected chi connectivity index (χ3v) is 7.88. The highest BCUT2D eigenvalue weighted by atomic mass is 32.2. The molecule has 1 saturated heterocycles. The molecule has 4 aliphatic carbocycles. The van der Waals surface area contributed by atoms with E-state index in [1.807, 2.05) is 6.92 Å². The molecule has 1 unspecified atom stereocenters. The highest BCUT2D eigenvalue weighted by Gasteiger charge is 2.53. The summed E-state index contributed by atoms with van der Waals surface area (Å²) in [6, 6.07) is -0.0118. The number of hydrogen-bond acceptors (Lipinski definition) is 5. The fourth-order valence-corrected chi connectivity index (χ4v) is 6.83. The van der Waals surface area contributed by atoms with E-state index in [-0.39, 0.29) is 41.4 Å². The Hall–Kier alpha value is -1.57. The minimum absolute atomic E-state index is 0.0118. The van der Waals surface area contributed by atoms with Gasteiger partial charge in [-0.25, -0.2) is 0 Å². The smallest absolute Gasteiger partial charge is 0.309 e. The van der Waals surface area contributed by atoms with Crippen molar-refractivity contribution < 1.29 is 19.2 Å². The van der Waals surface area contributed by atoms with Gasteiger partial charge in [-0.1, -0.05) is 11.8 Å². The number of nitrogens with zero attached hydrogens (tertiary/aromatic N) is 1. The van der Waals surface area contributed by atoms with Crippen molar-refractivity contribution in [1.82, 2.24) is 15.5 Å². The molecule has 0 radical (unpaired) electrons. The van der Waals surface area contributed by atoms with Gasteiger partial charge in [-0.15, -0.1) is 0 Å². The summed E-state index contributed by atoms with van der Waals surface area (Å²) in [7, 11) is 0. The first-order valence-corrected chi connectivity index (χ1v) is 10.9. The molecule has 0 aromatic carbocycles. The van der Waals surface area contributed by atoms with Crippen LogP contribution in [-0.4, -0.2) is 52.7 Å². The Morgan fingerprint density at radius 1 is 1.11 bits per heavy atom. The SMILES string of the molecule is CC(NC(=O)C(=O)NCCN1C(=O)CSC1=O)C12CC3CC(CC(C3)C1)C2. The second kappa shape index (κ2) is 7.11. The maximum Gasteiger partial charge on any atom is 0.309 e. The van der Waals surface area contributed by atoms with Crippen molar-refractivity contribution in [2.24, 2.45) is 23.2 Å². The first-order chi connectivity index (χ1) is 12.9. The number of nitrogens with one attached hydrogen (secondary N) is 2. The molecule has 2 N–H and O–H groups in total. The van der Waals surface area contributed by atoms with Crippen molar-refractivity contribution in [3.05, 3.63) is 0 Å². The molecule has 1 aliphatic heterocycles. The molecule has 0 spiro atoms. The van der Waals surface area contributed by atoms with E-state index in [4.69, 9.17) is 0 Å². The van der Waals surface area contributed by atoms with Gasteiger partial charge < -0.3 is 10.6 Å². The molecule has 148 valence electrons. The first kappa shape index (κ1) is 18.8. The quantitative estimate of drug-likeness (QED) is 0.691. The van der Waals surface area contributed by atoms with Crippen LogP contribution in [0, 0.1) is 23.2 Å². The van der Waals surface area contributed by atoms with Crippen molar-refractivity contribution in [3.8, 4) is 0 Å². The van der Waals surface area contributed by atoms with Gasteiger partial charge in [0.25, 0.3) is 5.24 Å². The van der Waals surface area contributed by atoms with Gasteiger partial charge in [-0.05, 0) is 68.6 Å². The van der Waals surface area contributed by atoms with E-state index in [2.05, 4.69) is 10.6 Å². The van der Waals surface area contributed by atoms with Crippen LogP contribution in [0.2, 0.25) is 0 Å². The van der Waals surface area contributed by atoms with E-state index in [0.717, 1.165) is 34.4 Å². The lowest BCUT2D eigenvalue weighted by Crippen LogP contribution is -2.57. The molecule has 5 rings (SSSR count). The second-order valence-corrected chi connectivity index (χ2v) is 9.76. The highest BCUT2D eigenvalue weighted by Crippen LogP contribution is 2.61. The van der Waals surface area contributed by atoms with E-state index < -0.39 is 11.8 Å². The molecule has 5 aliphatic rings. The van der Waals surface area contributed by atoms with Gasteiger partial charge in [0.2, 0.25) is 5.91 Å². The molecule has 0 aromatic rings. The minimum Gasteiger partial charge on any atom is -0.346 e. The maximum absolute atomic E-state index is 12.3. The van der Waals surface area contributed by atoms with Crippen molar-refractivity contribution in [2.75, 3.05) is 18.8 Å². The summed E-state index contributed by atoms with van der Waals surface area (Å²) in [6.07, 6.45) is 7.52. The van der Waals surface area contributed by atoms with Crippen LogP contribution in [0.25, 0.3) is 0 Å². The van der Waals surface area contributed by atoms with E-state index in [1.165, 1.54) is 38.5 Å². The average Bonchev–Trinajstić information content (AvgIpc) is 2.92. The van der Waals surface area contributed by atoms with E-state index >= 15 is 0 Å². The van der Waals surface area contributed by atoms with Crippen LogP contribution in [0.1, 0.15) is 45.4 Å². The highest BCUT2D eigenvalue weighted by molar-refractivity contribution is 8.14. The van der Waals surface area contributed by atoms with E-state index in [0.29, 0.717) is 0 Å². The van der Waals surface area contributed by atoms with Gasteiger partial charge in [-0.3, -0.25) is 24.1 Å². The van der Waals surface area contributed by atoms with Crippen LogP contribution in [0.15, 0.2) is 0 Å². The number of hydrogen-bond donors (Lipinski definition) is 2. The van der Waals surface area contributed by atoms with Crippen molar-refractivity contribution in [3.63, 3.8) is 0 Å². The zero-order valence-corrected chi connectivity index (χ0v) is 16.5. The topological polar surface area (TPSA) is 95.6 Å². The molecule has 27 heavy (non-hydrogen) atoms. The van der Waals surface area contributed by atoms with Gasteiger partial charge in [0, 0.05) is 19.1 Å². The molecule has 1 heterocycles. The van der Waals surface area contributed by atoms with Crippen LogP contribution in [0.4, 0.5) is 4.79 Å². The molecule has 0 aromatic heterocycles. The summed E-state index contributed by atoms with van der Waals surface area (Å²) in [4.78, 5) is 48.6. The Bertz CT molecular complexity index is 629. The normalized spacial score (nSPS) is 35.4. The van der Waals surface area contributed by atoms with Crippen molar-refractivity contribution >= 4 is 34.7 Å². The summed E-state index contributed by atoms with van der Waals surface area (Å²) < 4.78 is 0. The third-order valence-electron chi connectivity index (χ3n) is 7.02. The zero-order chi connectivity index (χ0) is 19.2. The lowest BCUT2D eigenvalue weighted by Gasteiger charge is -2.59. The van der Waals surface area contributed by atoms with Gasteiger partial charge in [-0.2, -0.15) is 0 Å². The van der Waals surface area contributed by atoms with Gasteiger partial charge >= 0.3 is 11.8 Å². The molecule has 4 amide bonds. The minimum atomic E-state index is -0.696. The molecule has 8 heteroatoms. The lowest BCUT2D eigenvalue weighted by molar-refractivity contribution is -0.141. The summed E-state index contributed by atoms with van der Waals surface area (Å²) in [5.41, 5.74) is 0.149. The fraction of sp³-hybridized carbons (Fsp3) is 0.789. The number of imide groups is 1. The van der Waals surface area contributed by atoms with Gasteiger partial charge in [0.1, 0.15) is 0 Å². The van der Waals surface area contributed by atoms with Gasteiger partial charge in [0.05, 0.1) is 5.75 Å². The van der Waals surface area contributed by atoms with Crippen LogP contribution in [0.3, 0.4) is 0 Å². The summed E-state index contributed by atoms with van der Waals surface area (Å²) in [6.45, 7) is 2.24. The van der Waals surface area contributed by atoms with Crippen LogP contribution in [-0.2, 0) is 14.4 Å². The third kappa shape index (κ3) is 3.60. The molecule has 1 atom stereocenters. The second-order valence-electron chi connectivity index (χ2n) is 8.83. The Labute approximate surface area is 163 Å². The Morgan fingerprint density at radius 3 is 2.22 bits per heavy atom. The average molecular weight is 394 g/mol. The molecule has 4 bridgehead atoms. The molecular formula is C19H27N3O4S. The molecule has 5 fully saturated rings. The lowest BCUT2D eigenvalue weighted by atomic mass is 9.48. The first-order valence-electron chi connectivity index (χ1n) is 9.92. The van der Waals surface area contributed by atoms with Gasteiger partial charge in [0.15, 0.2) is 0 Å². The van der Waals surface area contributed by atoms with Crippen LogP contribution < -0.4 is 10.6 Å². The Kier molecular flexibility index (Phi) is 4.94. The summed E-state index contributed by atoms with van der Waals surface area (Å²) >= 11 is 0.960. The maximum atomic E-state index is 12.3. The number of carbonyl (C=O) groups is 4. The van der Waals surface area contributed by atoms with Crippen molar-refractivity contribution in [1.29, 1.82) is 0 Å². The molecule has 4 saturated carbocycles. The van der Waals surface area contributed by atoms with E-state index in [9.17, 15) is 19.2 Å². The summed E-state index contributed by atoms with van der Waals surface area (Å²) in [5, 5.41) is 5.16. The summed E-state index contributed by atoms with van der Waals surface area (Å²) in [5.74, 6) is 0.952. The number of rotatable bonds is 5. The number of thioether (sulfide) groups is 1. The number of carbonyl (C=O) groups excluding carboxylic acids is 4. The van der Waals surface area contributed by atoms with Crippen LogP contribution in [0.5, 0.6) is 0 Å². The fourth-order valence-electron chi connectivity index (χ4n) is 6.08. The van der Waals surface area contributed by atoms with Crippen molar-refractivity contribution in [2.45, 2.75) is 51.5 Å². The predicted octanol–water partition coefficient (Wildman–Crippen LogP) is 1.52. The predicted molar refractivity (Wildman–Crippen MR) is 101 cm³/mol.